The van der Waals surface area contributed by atoms with E-state index < -0.39 is 11.9 Å². The minimum Gasteiger partial charge on any atom is -0.368 e. The van der Waals surface area contributed by atoms with Crippen molar-refractivity contribution >= 4 is 23.5 Å². The molecule has 2 aromatic carbocycles. The lowest BCUT2D eigenvalue weighted by Gasteiger charge is -2.29. The van der Waals surface area contributed by atoms with E-state index in [1.807, 2.05) is 55.6 Å². The third-order valence-electron chi connectivity index (χ3n) is 5.41. The van der Waals surface area contributed by atoms with E-state index in [-0.39, 0.29) is 18.5 Å². The Bertz CT molecular complexity index is 1130. The number of para-hydroxylation sites is 1. The van der Waals surface area contributed by atoms with E-state index >= 15 is 0 Å². The number of benzene rings is 2. The number of amides is 4. The van der Waals surface area contributed by atoms with Crippen LogP contribution in [0.5, 0.6) is 0 Å². The molecule has 0 bridgehead atoms. The van der Waals surface area contributed by atoms with Gasteiger partial charge in [-0.25, -0.2) is 9.48 Å². The van der Waals surface area contributed by atoms with Crippen molar-refractivity contribution < 1.29 is 14.4 Å². The van der Waals surface area contributed by atoms with Gasteiger partial charge >= 0.3 is 6.03 Å². The van der Waals surface area contributed by atoms with Crippen LogP contribution in [0.1, 0.15) is 22.8 Å². The molecule has 164 valence electrons. The molecule has 0 spiro atoms. The van der Waals surface area contributed by atoms with Crippen LogP contribution in [0.25, 0.3) is 5.69 Å². The number of anilines is 1. The molecule has 0 aliphatic carbocycles. The number of urea groups is 1. The molecule has 1 aliphatic heterocycles. The molecule has 32 heavy (non-hydrogen) atoms. The summed E-state index contributed by atoms with van der Waals surface area (Å²) in [6.45, 7) is 2.25. The molecule has 0 fully saturated rings. The summed E-state index contributed by atoms with van der Waals surface area (Å²) in [6, 6.07) is 15.9. The SMILES string of the molecule is CC1CN(C(=O)c2ccc(-n3cccn3)cc2)c2ccccc2CN1C(=O)NCC(N)=O. The Morgan fingerprint density at radius 1 is 1.09 bits per heavy atom. The maximum Gasteiger partial charge on any atom is 0.318 e. The monoisotopic (exact) mass is 432 g/mol. The minimum atomic E-state index is -0.614. The van der Waals surface area contributed by atoms with E-state index in [4.69, 9.17) is 5.73 Å². The highest BCUT2D eigenvalue weighted by Gasteiger charge is 2.31. The van der Waals surface area contributed by atoms with Crippen molar-refractivity contribution in [3.63, 3.8) is 0 Å². The third-order valence-corrected chi connectivity index (χ3v) is 5.41. The molecule has 2 heterocycles. The van der Waals surface area contributed by atoms with E-state index in [0.29, 0.717) is 18.7 Å². The van der Waals surface area contributed by atoms with Crippen LogP contribution >= 0.6 is 0 Å². The Morgan fingerprint density at radius 2 is 1.84 bits per heavy atom. The molecule has 9 heteroatoms. The molecule has 1 unspecified atom stereocenters. The number of carbonyl (C=O) groups excluding carboxylic acids is 3. The maximum absolute atomic E-state index is 13.5. The van der Waals surface area contributed by atoms with Gasteiger partial charge in [0.15, 0.2) is 0 Å². The fraction of sp³-hybridized carbons (Fsp3) is 0.217. The number of nitrogens with zero attached hydrogens (tertiary/aromatic N) is 4. The minimum absolute atomic E-state index is 0.157. The van der Waals surface area contributed by atoms with Crippen LogP contribution < -0.4 is 16.0 Å². The number of nitrogens with two attached hydrogens (primary N) is 1. The first kappa shape index (κ1) is 21.1. The van der Waals surface area contributed by atoms with Gasteiger partial charge in [-0.2, -0.15) is 5.10 Å². The predicted octanol–water partition coefficient (Wildman–Crippen LogP) is 1.92. The zero-order chi connectivity index (χ0) is 22.7. The highest BCUT2D eigenvalue weighted by atomic mass is 16.2. The zero-order valence-corrected chi connectivity index (χ0v) is 17.6. The van der Waals surface area contributed by atoms with Crippen LogP contribution in [-0.2, 0) is 11.3 Å². The Morgan fingerprint density at radius 3 is 2.53 bits per heavy atom. The van der Waals surface area contributed by atoms with Crippen molar-refractivity contribution in [2.45, 2.75) is 19.5 Å². The molecule has 0 saturated carbocycles. The molecular formula is C23H24N6O3. The van der Waals surface area contributed by atoms with Gasteiger partial charge in [-0.15, -0.1) is 0 Å². The fourth-order valence-corrected chi connectivity index (χ4v) is 3.77. The number of rotatable bonds is 4. The van der Waals surface area contributed by atoms with E-state index in [0.717, 1.165) is 16.9 Å². The predicted molar refractivity (Wildman–Crippen MR) is 119 cm³/mol. The topological polar surface area (TPSA) is 114 Å². The summed E-state index contributed by atoms with van der Waals surface area (Å²) in [4.78, 5) is 40.5. The molecule has 1 aliphatic rings. The van der Waals surface area contributed by atoms with Gasteiger partial charge < -0.3 is 20.9 Å². The lowest BCUT2D eigenvalue weighted by Crippen LogP contribution is -2.49. The molecular weight excluding hydrogens is 408 g/mol. The second kappa shape index (κ2) is 8.93. The number of primary amides is 1. The van der Waals surface area contributed by atoms with Crippen LogP contribution in [0, 0.1) is 0 Å². The van der Waals surface area contributed by atoms with Crippen molar-refractivity contribution in [3.8, 4) is 5.69 Å². The van der Waals surface area contributed by atoms with Crippen molar-refractivity contribution in [2.75, 3.05) is 18.0 Å². The van der Waals surface area contributed by atoms with Gasteiger partial charge in [0.05, 0.1) is 12.2 Å². The summed E-state index contributed by atoms with van der Waals surface area (Å²) in [5.74, 6) is -0.771. The van der Waals surface area contributed by atoms with Gasteiger partial charge in [-0.1, -0.05) is 18.2 Å². The van der Waals surface area contributed by atoms with Crippen LogP contribution in [0.3, 0.4) is 0 Å². The van der Waals surface area contributed by atoms with Gasteiger partial charge in [0.1, 0.15) is 0 Å². The molecule has 9 nitrogen and oxygen atoms in total. The van der Waals surface area contributed by atoms with E-state index in [2.05, 4.69) is 10.4 Å². The zero-order valence-electron chi connectivity index (χ0n) is 17.6. The van der Waals surface area contributed by atoms with Crippen LogP contribution in [0.4, 0.5) is 10.5 Å². The quantitative estimate of drug-likeness (QED) is 0.656. The summed E-state index contributed by atoms with van der Waals surface area (Å²) in [5.41, 5.74) is 8.14. The first-order valence-corrected chi connectivity index (χ1v) is 10.3. The van der Waals surface area contributed by atoms with Crippen molar-refractivity contribution in [3.05, 3.63) is 78.1 Å². The summed E-state index contributed by atoms with van der Waals surface area (Å²) < 4.78 is 1.72. The number of carbonyl (C=O) groups is 3. The molecule has 0 saturated heterocycles. The fourth-order valence-electron chi connectivity index (χ4n) is 3.77. The second-order valence-electron chi connectivity index (χ2n) is 7.64. The van der Waals surface area contributed by atoms with Gasteiger partial charge in [0, 0.05) is 42.8 Å². The summed E-state index contributed by atoms with van der Waals surface area (Å²) >= 11 is 0. The average Bonchev–Trinajstić information content (AvgIpc) is 3.29. The highest BCUT2D eigenvalue weighted by molar-refractivity contribution is 6.06. The number of hydrogen-bond donors (Lipinski definition) is 2. The Labute approximate surface area is 185 Å². The summed E-state index contributed by atoms with van der Waals surface area (Å²) in [5, 5.41) is 6.74. The third kappa shape index (κ3) is 4.31. The maximum atomic E-state index is 13.5. The van der Waals surface area contributed by atoms with Gasteiger partial charge in [0.2, 0.25) is 5.91 Å². The number of aromatic nitrogens is 2. The highest BCUT2D eigenvalue weighted by Crippen LogP contribution is 2.29. The molecule has 4 rings (SSSR count). The van der Waals surface area contributed by atoms with Crippen molar-refractivity contribution in [1.29, 1.82) is 0 Å². The van der Waals surface area contributed by atoms with Gasteiger partial charge in [-0.05, 0) is 48.9 Å². The Kier molecular flexibility index (Phi) is 5.89. The van der Waals surface area contributed by atoms with E-state index in [9.17, 15) is 14.4 Å². The van der Waals surface area contributed by atoms with Crippen LogP contribution in [0.15, 0.2) is 67.0 Å². The molecule has 4 amide bonds. The molecule has 3 N–H and O–H groups in total. The second-order valence-corrected chi connectivity index (χ2v) is 7.64. The van der Waals surface area contributed by atoms with Crippen LogP contribution in [0.2, 0.25) is 0 Å². The lowest BCUT2D eigenvalue weighted by atomic mass is 10.1. The number of hydrogen-bond acceptors (Lipinski definition) is 4. The van der Waals surface area contributed by atoms with Gasteiger partial charge in [-0.3, -0.25) is 9.59 Å². The summed E-state index contributed by atoms with van der Waals surface area (Å²) in [6.07, 6.45) is 3.53. The molecule has 3 aromatic rings. The van der Waals surface area contributed by atoms with Gasteiger partial charge in [0.25, 0.3) is 5.91 Å². The average molecular weight is 432 g/mol. The smallest absolute Gasteiger partial charge is 0.318 e. The van der Waals surface area contributed by atoms with E-state index in [1.54, 1.807) is 32.8 Å². The van der Waals surface area contributed by atoms with Crippen LogP contribution in [-0.4, -0.2) is 51.7 Å². The molecule has 1 aromatic heterocycles. The Hall–Kier alpha value is -4.14. The summed E-state index contributed by atoms with van der Waals surface area (Å²) in [7, 11) is 0. The number of fused-ring (bicyclic) bond motifs is 1. The first-order chi connectivity index (χ1) is 15.4. The number of nitrogens with one attached hydrogen (secondary N) is 1. The van der Waals surface area contributed by atoms with Crippen molar-refractivity contribution in [2.24, 2.45) is 5.73 Å². The lowest BCUT2D eigenvalue weighted by molar-refractivity contribution is -0.117. The molecule has 1 atom stereocenters. The first-order valence-electron chi connectivity index (χ1n) is 10.3. The normalized spacial score (nSPS) is 15.6. The largest absolute Gasteiger partial charge is 0.368 e. The molecule has 0 radical (unpaired) electrons. The van der Waals surface area contributed by atoms with Crippen molar-refractivity contribution in [1.82, 2.24) is 20.0 Å². The standard InChI is InChI=1S/C23H24N6O3/c1-16-14-28(22(31)17-7-9-19(10-8-17)29-12-4-11-26-29)20-6-3-2-5-18(20)15-27(16)23(32)25-13-21(24)30/h2-12,16H,13-15H2,1H3,(H2,24,30)(H,25,32). The Balaban J connectivity index is 1.60. The van der Waals surface area contributed by atoms with E-state index in [1.165, 1.54) is 0 Å².